The molecule has 0 radical (unpaired) electrons. The molecule has 0 fully saturated rings. The van der Waals surface area contributed by atoms with Crippen LogP contribution >= 0.6 is 11.3 Å². The second kappa shape index (κ2) is 8.08. The normalized spacial score (nSPS) is 15.8. The quantitative estimate of drug-likeness (QED) is 0.618. The van der Waals surface area contributed by atoms with Crippen molar-refractivity contribution >= 4 is 33.3 Å². The Hall–Kier alpha value is -2.91. The van der Waals surface area contributed by atoms with Gasteiger partial charge in [0.1, 0.15) is 39.5 Å². The van der Waals surface area contributed by atoms with E-state index in [0.717, 1.165) is 22.1 Å². The first-order chi connectivity index (χ1) is 14.5. The summed E-state index contributed by atoms with van der Waals surface area (Å²) in [5.41, 5.74) is 2.36. The fraction of sp³-hybridized carbons (Fsp3) is 0.381. The molecular weight excluding hydrogens is 406 g/mol. The topological polar surface area (TPSA) is 94.0 Å². The number of hydrogen-bond acceptors (Lipinski definition) is 9. The molecule has 4 rings (SSSR count). The maximum atomic E-state index is 12.3. The van der Waals surface area contributed by atoms with Crippen molar-refractivity contribution in [3.8, 4) is 11.5 Å². The van der Waals surface area contributed by atoms with Crippen LogP contribution in [0.15, 0.2) is 18.5 Å². The first-order valence-electron chi connectivity index (χ1n) is 9.58. The van der Waals surface area contributed by atoms with Crippen molar-refractivity contribution in [1.29, 1.82) is 0 Å². The van der Waals surface area contributed by atoms with E-state index in [-0.39, 0.29) is 5.97 Å². The minimum Gasteiger partial charge on any atom is -0.496 e. The summed E-state index contributed by atoms with van der Waals surface area (Å²) in [5.74, 6) is 1.61. The van der Waals surface area contributed by atoms with E-state index >= 15 is 0 Å². The predicted octanol–water partition coefficient (Wildman–Crippen LogP) is 3.25. The van der Waals surface area contributed by atoms with Crippen LogP contribution in [-0.2, 0) is 11.3 Å². The van der Waals surface area contributed by atoms with Gasteiger partial charge in [-0.05, 0) is 31.5 Å². The number of carbonyl (C=O) groups is 1. The molecule has 0 saturated carbocycles. The van der Waals surface area contributed by atoms with Gasteiger partial charge in [0.05, 0.1) is 32.8 Å². The number of carbonyl (C=O) groups excluding carboxylic acids is 1. The minimum atomic E-state index is -0.785. The van der Waals surface area contributed by atoms with E-state index in [1.807, 2.05) is 17.9 Å². The number of aryl methyl sites for hydroxylation is 1. The predicted molar refractivity (Wildman–Crippen MR) is 114 cm³/mol. The molecule has 9 heteroatoms. The molecule has 0 spiro atoms. The number of methoxy groups -OCH3 is 2. The molecular formula is C21H23N3O5S. The van der Waals surface area contributed by atoms with Crippen LogP contribution in [0.5, 0.6) is 11.5 Å². The maximum absolute atomic E-state index is 12.3. The van der Waals surface area contributed by atoms with Gasteiger partial charge in [-0.1, -0.05) is 0 Å². The largest absolute Gasteiger partial charge is 0.496 e. The molecule has 0 amide bonds. The number of fused-ring (bicyclic) bond motifs is 2. The van der Waals surface area contributed by atoms with E-state index in [9.17, 15) is 9.90 Å². The number of aliphatic hydroxyl groups excluding tert-OH is 1. The summed E-state index contributed by atoms with van der Waals surface area (Å²) in [6.45, 7) is 4.76. The lowest BCUT2D eigenvalue weighted by atomic mass is 9.95. The van der Waals surface area contributed by atoms with E-state index in [1.165, 1.54) is 17.7 Å². The summed E-state index contributed by atoms with van der Waals surface area (Å²) in [4.78, 5) is 24.4. The summed E-state index contributed by atoms with van der Waals surface area (Å²) >= 11 is 1.29. The number of rotatable bonds is 5. The number of esters is 1. The molecule has 158 valence electrons. The molecule has 1 N–H and O–H groups in total. The molecule has 0 bridgehead atoms. The van der Waals surface area contributed by atoms with Crippen molar-refractivity contribution in [3.63, 3.8) is 0 Å². The first kappa shape index (κ1) is 20.4. The van der Waals surface area contributed by atoms with Gasteiger partial charge in [-0.15, -0.1) is 11.3 Å². The Bertz CT molecular complexity index is 1110. The van der Waals surface area contributed by atoms with Gasteiger partial charge >= 0.3 is 5.97 Å². The molecule has 30 heavy (non-hydrogen) atoms. The maximum Gasteiger partial charge on any atom is 0.348 e. The van der Waals surface area contributed by atoms with Crippen LogP contribution in [0.25, 0.3) is 10.2 Å². The van der Waals surface area contributed by atoms with E-state index in [4.69, 9.17) is 14.2 Å². The van der Waals surface area contributed by atoms with E-state index in [0.29, 0.717) is 46.7 Å². The number of aliphatic hydroxyl groups is 1. The number of anilines is 1. The molecule has 0 unspecified atom stereocenters. The zero-order chi connectivity index (χ0) is 21.4. The van der Waals surface area contributed by atoms with E-state index in [2.05, 4.69) is 9.97 Å². The van der Waals surface area contributed by atoms with Crippen LogP contribution in [-0.4, -0.2) is 48.4 Å². The standard InChI is InChI=1S/C21H23N3O5S/c1-5-29-21(26)18-11(2)16-19(22-10-23-20(16)30-18)24-8-12-14(27-3)6-7-15(28-4)17(12)13(25)9-24/h6-7,10,13,25H,5,8-9H2,1-4H3/t13-/m1/s1. The van der Waals surface area contributed by atoms with Gasteiger partial charge in [0, 0.05) is 17.7 Å². The fourth-order valence-electron chi connectivity index (χ4n) is 3.92. The second-order valence-electron chi connectivity index (χ2n) is 6.91. The lowest BCUT2D eigenvalue weighted by molar-refractivity contribution is 0.0531. The molecule has 0 saturated heterocycles. The highest BCUT2D eigenvalue weighted by atomic mass is 32.1. The number of ether oxygens (including phenoxy) is 3. The summed E-state index contributed by atoms with van der Waals surface area (Å²) < 4.78 is 16.2. The van der Waals surface area contributed by atoms with Crippen molar-refractivity contribution in [2.45, 2.75) is 26.5 Å². The van der Waals surface area contributed by atoms with Crippen LogP contribution in [0.3, 0.4) is 0 Å². The summed E-state index contributed by atoms with van der Waals surface area (Å²) in [7, 11) is 3.19. The molecule has 8 nitrogen and oxygen atoms in total. The van der Waals surface area contributed by atoms with Gasteiger partial charge in [0.15, 0.2) is 0 Å². The second-order valence-corrected chi connectivity index (χ2v) is 7.91. The zero-order valence-electron chi connectivity index (χ0n) is 17.3. The van der Waals surface area contributed by atoms with Gasteiger partial charge in [-0.2, -0.15) is 0 Å². The lowest BCUT2D eigenvalue weighted by Crippen LogP contribution is -2.35. The monoisotopic (exact) mass is 429 g/mol. The molecule has 1 atom stereocenters. The Labute approximate surface area is 178 Å². The van der Waals surface area contributed by atoms with Crippen molar-refractivity contribution in [2.75, 3.05) is 32.3 Å². The Morgan fingerprint density at radius 1 is 1.27 bits per heavy atom. The Morgan fingerprint density at radius 3 is 2.70 bits per heavy atom. The van der Waals surface area contributed by atoms with Crippen LogP contribution < -0.4 is 14.4 Å². The van der Waals surface area contributed by atoms with Crippen LogP contribution in [0.2, 0.25) is 0 Å². The van der Waals surface area contributed by atoms with Crippen molar-refractivity contribution in [3.05, 3.63) is 40.0 Å². The lowest BCUT2D eigenvalue weighted by Gasteiger charge is -2.35. The zero-order valence-corrected chi connectivity index (χ0v) is 18.1. The Morgan fingerprint density at radius 2 is 2.00 bits per heavy atom. The van der Waals surface area contributed by atoms with Gasteiger partial charge in [0.2, 0.25) is 0 Å². The fourth-order valence-corrected chi connectivity index (χ4v) is 4.96. The van der Waals surface area contributed by atoms with Gasteiger partial charge in [-0.3, -0.25) is 0 Å². The van der Waals surface area contributed by atoms with E-state index < -0.39 is 6.10 Å². The van der Waals surface area contributed by atoms with Crippen molar-refractivity contribution in [1.82, 2.24) is 9.97 Å². The van der Waals surface area contributed by atoms with Crippen LogP contribution in [0.1, 0.15) is 39.4 Å². The number of thiophene rings is 1. The average Bonchev–Trinajstić information content (AvgIpc) is 3.09. The Balaban J connectivity index is 1.82. The van der Waals surface area contributed by atoms with Crippen molar-refractivity contribution in [2.24, 2.45) is 0 Å². The molecule has 3 aromatic rings. The highest BCUT2D eigenvalue weighted by Gasteiger charge is 2.32. The first-order valence-corrected chi connectivity index (χ1v) is 10.4. The number of β-amino-alcohol motifs (C(OH)–C–C–N with tert-alkyl or cyclic N) is 1. The minimum absolute atomic E-state index is 0.307. The highest BCUT2D eigenvalue weighted by molar-refractivity contribution is 7.20. The number of hydrogen-bond donors (Lipinski definition) is 1. The third-order valence-electron chi connectivity index (χ3n) is 5.26. The van der Waals surface area contributed by atoms with Crippen LogP contribution in [0.4, 0.5) is 5.82 Å². The number of benzene rings is 1. The number of nitrogens with zero attached hydrogens (tertiary/aromatic N) is 3. The van der Waals surface area contributed by atoms with E-state index in [1.54, 1.807) is 27.2 Å². The van der Waals surface area contributed by atoms with Crippen molar-refractivity contribution < 1.29 is 24.1 Å². The average molecular weight is 429 g/mol. The number of aromatic nitrogens is 2. The third kappa shape index (κ3) is 3.23. The highest BCUT2D eigenvalue weighted by Crippen LogP contribution is 2.42. The molecule has 2 aromatic heterocycles. The van der Waals surface area contributed by atoms with Gasteiger partial charge in [-0.25, -0.2) is 14.8 Å². The molecule has 1 aliphatic rings. The molecule has 1 aliphatic heterocycles. The Kier molecular flexibility index (Phi) is 5.48. The summed E-state index contributed by atoms with van der Waals surface area (Å²) in [6.07, 6.45) is 0.694. The summed E-state index contributed by atoms with van der Waals surface area (Å²) in [6, 6.07) is 3.63. The molecule has 3 heterocycles. The third-order valence-corrected chi connectivity index (χ3v) is 6.44. The van der Waals surface area contributed by atoms with Crippen LogP contribution in [0, 0.1) is 6.92 Å². The van der Waals surface area contributed by atoms with Gasteiger partial charge in [0.25, 0.3) is 0 Å². The smallest absolute Gasteiger partial charge is 0.348 e. The SMILES string of the molecule is CCOC(=O)c1sc2ncnc(N3Cc4c(OC)ccc(OC)c4[C@H](O)C3)c2c1C. The molecule has 0 aliphatic carbocycles. The van der Waals surface area contributed by atoms with Gasteiger partial charge < -0.3 is 24.2 Å². The summed E-state index contributed by atoms with van der Waals surface area (Å²) in [5, 5.41) is 11.7. The molecule has 1 aromatic carbocycles.